The monoisotopic (exact) mass is 1160 g/mol. The molecule has 0 heterocycles. The molecule has 0 fully saturated rings. The van der Waals surface area contributed by atoms with Gasteiger partial charge < -0.3 is 14.2 Å². The van der Waals surface area contributed by atoms with Crippen molar-refractivity contribution in [1.82, 2.24) is 0 Å². The summed E-state index contributed by atoms with van der Waals surface area (Å²) in [7, 11) is 0. The van der Waals surface area contributed by atoms with Crippen molar-refractivity contribution in [3.8, 4) is 0 Å². The number of carbonyl (C=O) groups excluding carboxylic acids is 3. The maximum absolute atomic E-state index is 13.0. The van der Waals surface area contributed by atoms with Gasteiger partial charge in [-0.3, -0.25) is 14.4 Å². The van der Waals surface area contributed by atoms with Gasteiger partial charge in [-0.1, -0.05) is 378 Å². The predicted molar refractivity (Wildman–Crippen MR) is 362 cm³/mol. The van der Waals surface area contributed by atoms with Gasteiger partial charge in [0, 0.05) is 19.3 Å². The Kier molecular flexibility index (Phi) is 69.6. The molecule has 0 aliphatic carbocycles. The Labute approximate surface area is 518 Å². The van der Waals surface area contributed by atoms with Crippen LogP contribution in [0.25, 0.3) is 0 Å². The Bertz CT molecular complexity index is 1430. The Morgan fingerprint density at radius 3 is 0.735 bits per heavy atom. The minimum absolute atomic E-state index is 0.0719. The normalized spacial score (nSPS) is 12.3. The summed E-state index contributed by atoms with van der Waals surface area (Å²) >= 11 is 0. The second-order valence-corrected chi connectivity index (χ2v) is 25.2. The maximum atomic E-state index is 13.0. The molecule has 6 nitrogen and oxygen atoms in total. The molecule has 83 heavy (non-hydrogen) atoms. The Balaban J connectivity index is 4.31. The lowest BCUT2D eigenvalue weighted by Gasteiger charge is -2.18. The van der Waals surface area contributed by atoms with Crippen LogP contribution < -0.4 is 0 Å². The first-order valence-electron chi connectivity index (χ1n) is 37.1. The van der Waals surface area contributed by atoms with Crippen molar-refractivity contribution in [2.75, 3.05) is 13.2 Å². The summed E-state index contributed by atoms with van der Waals surface area (Å²) in [6.45, 7) is 6.61. The van der Waals surface area contributed by atoms with Crippen molar-refractivity contribution < 1.29 is 28.6 Å². The summed E-state index contributed by atoms with van der Waals surface area (Å²) in [6, 6.07) is 0. The molecule has 0 bridgehead atoms. The summed E-state index contributed by atoms with van der Waals surface area (Å²) in [6.07, 6.45) is 91.5. The number of hydrogen-bond acceptors (Lipinski definition) is 6. The molecular formula is C77H142O6. The van der Waals surface area contributed by atoms with Gasteiger partial charge in [-0.15, -0.1) is 0 Å². The number of carbonyl (C=O) groups is 3. The van der Waals surface area contributed by atoms with E-state index in [2.05, 4.69) is 69.4 Å². The fourth-order valence-corrected chi connectivity index (χ4v) is 11.3. The van der Waals surface area contributed by atoms with Crippen LogP contribution in [0.1, 0.15) is 406 Å². The lowest BCUT2D eigenvalue weighted by Crippen LogP contribution is -2.30. The fourth-order valence-electron chi connectivity index (χ4n) is 11.3. The van der Waals surface area contributed by atoms with Crippen LogP contribution in [0.3, 0.4) is 0 Å². The minimum Gasteiger partial charge on any atom is -0.462 e. The Morgan fingerprint density at radius 2 is 0.470 bits per heavy atom. The van der Waals surface area contributed by atoms with E-state index in [1.165, 1.54) is 276 Å². The van der Waals surface area contributed by atoms with Crippen LogP contribution >= 0.6 is 0 Å². The number of rotatable bonds is 69. The van der Waals surface area contributed by atoms with E-state index < -0.39 is 6.10 Å². The van der Waals surface area contributed by atoms with E-state index in [-0.39, 0.29) is 31.1 Å². The minimum atomic E-state index is -0.778. The molecule has 0 rings (SSSR count). The maximum Gasteiger partial charge on any atom is 0.306 e. The molecule has 0 aromatic rings. The molecule has 0 radical (unpaired) electrons. The highest BCUT2D eigenvalue weighted by Crippen LogP contribution is 2.19. The SMILES string of the molecule is CC/C=C\C/C=C\C/C=C\C/C=C\CCCCCCCCC(=O)OCC(COC(=O)CCCCCCCCCCCCCCCCCCCCCCCCCC)OC(=O)CCCCCCCCCCCCCCCCCCCCCCCC. The van der Waals surface area contributed by atoms with Crippen LogP contribution in [0.15, 0.2) is 48.6 Å². The number of allylic oxidation sites excluding steroid dienone is 8. The lowest BCUT2D eigenvalue weighted by molar-refractivity contribution is -0.167. The van der Waals surface area contributed by atoms with Crippen molar-refractivity contribution in [3.63, 3.8) is 0 Å². The van der Waals surface area contributed by atoms with Crippen molar-refractivity contribution in [2.45, 2.75) is 412 Å². The van der Waals surface area contributed by atoms with Crippen molar-refractivity contribution in [2.24, 2.45) is 0 Å². The zero-order valence-electron chi connectivity index (χ0n) is 56.0. The first-order chi connectivity index (χ1) is 41.0. The first kappa shape index (κ1) is 80.4. The third-order valence-corrected chi connectivity index (χ3v) is 16.8. The van der Waals surface area contributed by atoms with E-state index in [4.69, 9.17) is 14.2 Å². The number of esters is 3. The molecule has 0 aromatic heterocycles. The van der Waals surface area contributed by atoms with Crippen molar-refractivity contribution in [3.05, 3.63) is 48.6 Å². The average molecular weight is 1160 g/mol. The number of unbranched alkanes of at least 4 members (excludes halogenated alkanes) is 50. The van der Waals surface area contributed by atoms with Crippen LogP contribution in [0.2, 0.25) is 0 Å². The zero-order chi connectivity index (χ0) is 59.9. The summed E-state index contributed by atoms with van der Waals surface area (Å²) < 4.78 is 17.0. The highest BCUT2D eigenvalue weighted by Gasteiger charge is 2.20. The van der Waals surface area contributed by atoms with Crippen LogP contribution in [0, 0.1) is 0 Å². The zero-order valence-corrected chi connectivity index (χ0v) is 56.0. The Morgan fingerprint density at radius 1 is 0.253 bits per heavy atom. The van der Waals surface area contributed by atoms with Gasteiger partial charge in [-0.2, -0.15) is 0 Å². The molecular weight excluding hydrogens is 1020 g/mol. The van der Waals surface area contributed by atoms with Crippen LogP contribution in [-0.2, 0) is 28.6 Å². The molecule has 0 spiro atoms. The molecule has 0 amide bonds. The molecule has 6 heteroatoms. The van der Waals surface area contributed by atoms with E-state index in [0.717, 1.165) is 89.9 Å². The summed E-state index contributed by atoms with van der Waals surface area (Å²) in [4.78, 5) is 38.6. The first-order valence-corrected chi connectivity index (χ1v) is 37.1. The molecule has 1 atom stereocenters. The second kappa shape index (κ2) is 71.8. The van der Waals surface area contributed by atoms with Crippen LogP contribution in [0.5, 0.6) is 0 Å². The van der Waals surface area contributed by atoms with Gasteiger partial charge in [-0.25, -0.2) is 0 Å². The molecule has 486 valence electrons. The third kappa shape index (κ3) is 70.0. The molecule has 0 saturated heterocycles. The predicted octanol–water partition coefficient (Wildman–Crippen LogP) is 25.7. The van der Waals surface area contributed by atoms with E-state index >= 15 is 0 Å². The van der Waals surface area contributed by atoms with Crippen molar-refractivity contribution in [1.29, 1.82) is 0 Å². The number of ether oxygens (including phenoxy) is 3. The summed E-state index contributed by atoms with van der Waals surface area (Å²) in [5.74, 6) is -0.854. The molecule has 0 N–H and O–H groups in total. The highest BCUT2D eigenvalue weighted by molar-refractivity contribution is 5.71. The largest absolute Gasteiger partial charge is 0.462 e. The van der Waals surface area contributed by atoms with Gasteiger partial charge in [-0.05, 0) is 57.8 Å². The fraction of sp³-hybridized carbons (Fsp3) is 0.857. The molecule has 0 aromatic carbocycles. The van der Waals surface area contributed by atoms with Crippen molar-refractivity contribution >= 4 is 17.9 Å². The van der Waals surface area contributed by atoms with E-state index in [9.17, 15) is 14.4 Å². The van der Waals surface area contributed by atoms with Gasteiger partial charge in [0.05, 0.1) is 0 Å². The second-order valence-electron chi connectivity index (χ2n) is 25.2. The van der Waals surface area contributed by atoms with Gasteiger partial charge in [0.15, 0.2) is 6.10 Å². The topological polar surface area (TPSA) is 78.9 Å². The van der Waals surface area contributed by atoms with E-state index in [1.54, 1.807) is 0 Å². The van der Waals surface area contributed by atoms with Gasteiger partial charge in [0.2, 0.25) is 0 Å². The van der Waals surface area contributed by atoms with Crippen LogP contribution in [0.4, 0.5) is 0 Å². The molecule has 0 aliphatic heterocycles. The average Bonchev–Trinajstić information content (AvgIpc) is 3.49. The summed E-state index contributed by atoms with van der Waals surface area (Å²) in [5.41, 5.74) is 0. The van der Waals surface area contributed by atoms with E-state index in [1.807, 2.05) is 0 Å². The molecule has 0 aliphatic rings. The van der Waals surface area contributed by atoms with Gasteiger partial charge in [0.25, 0.3) is 0 Å². The quantitative estimate of drug-likeness (QED) is 0.0261. The highest BCUT2D eigenvalue weighted by atomic mass is 16.6. The lowest BCUT2D eigenvalue weighted by atomic mass is 10.0. The van der Waals surface area contributed by atoms with Gasteiger partial charge in [0.1, 0.15) is 13.2 Å². The smallest absolute Gasteiger partial charge is 0.306 e. The number of hydrogen-bond donors (Lipinski definition) is 0. The summed E-state index contributed by atoms with van der Waals surface area (Å²) in [5, 5.41) is 0. The van der Waals surface area contributed by atoms with Crippen LogP contribution in [-0.4, -0.2) is 37.2 Å². The third-order valence-electron chi connectivity index (χ3n) is 16.8. The Hall–Kier alpha value is -2.63. The standard InChI is InChI=1S/C77H142O6/c1-4-7-10-13-16-19-22-25-28-31-34-36-38-39-41-43-46-49-52-55-58-61-64-67-70-76(79)82-73-74(72-81-75(78)69-66-63-60-57-54-51-48-45-42-33-30-27-24-21-18-15-12-9-6-3)83-77(80)71-68-65-62-59-56-53-50-47-44-40-37-35-32-29-26-23-20-17-14-11-8-5-2/h9,12,18,21,27,30,42,45,74H,4-8,10-11,13-17,19-20,22-26,28-29,31-41,43-44,46-73H2,1-3H3/b12-9-,21-18-,30-27-,45-42-. The molecule has 1 unspecified atom stereocenters. The van der Waals surface area contributed by atoms with E-state index in [0.29, 0.717) is 19.3 Å². The van der Waals surface area contributed by atoms with Gasteiger partial charge >= 0.3 is 17.9 Å². The molecule has 0 saturated carbocycles.